The molecule has 192 valence electrons. The van der Waals surface area contributed by atoms with Gasteiger partial charge in [-0.1, -0.05) is 12.1 Å². The summed E-state index contributed by atoms with van der Waals surface area (Å²) in [5.41, 5.74) is 1.30. The fraction of sp³-hybridized carbons (Fsp3) is 0.375. The third-order valence-corrected chi connectivity index (χ3v) is 6.23. The van der Waals surface area contributed by atoms with Gasteiger partial charge in [-0.05, 0) is 12.1 Å². The zero-order valence-corrected chi connectivity index (χ0v) is 20.5. The minimum atomic E-state index is -1.16. The van der Waals surface area contributed by atoms with Crippen LogP contribution in [0.3, 0.4) is 0 Å². The summed E-state index contributed by atoms with van der Waals surface area (Å²) in [4.78, 5) is 66.4. The van der Waals surface area contributed by atoms with E-state index in [9.17, 15) is 19.2 Å². The van der Waals surface area contributed by atoms with E-state index in [1.165, 1.54) is 26.5 Å². The highest BCUT2D eigenvalue weighted by molar-refractivity contribution is 6.21. The smallest absolute Gasteiger partial charge is 0.303 e. The summed E-state index contributed by atoms with van der Waals surface area (Å²) >= 11 is 0. The Hall–Kier alpha value is -4.39. The average molecular weight is 508 g/mol. The highest BCUT2D eigenvalue weighted by atomic mass is 16.6. The Kier molecular flexibility index (Phi) is 6.07. The summed E-state index contributed by atoms with van der Waals surface area (Å²) in [6.07, 6.45) is -0.387. The maximum absolute atomic E-state index is 13.4. The molecule has 5 rings (SSSR count). The first-order valence-electron chi connectivity index (χ1n) is 11.5. The molecule has 37 heavy (non-hydrogen) atoms. The monoisotopic (exact) mass is 508 g/mol. The van der Waals surface area contributed by atoms with E-state index in [2.05, 4.69) is 15.0 Å². The number of nitrogens with zero attached hydrogens (tertiary/aromatic N) is 6. The highest BCUT2D eigenvalue weighted by Crippen LogP contribution is 2.40. The molecule has 0 aliphatic carbocycles. The number of carbonyl (C=O) groups excluding carboxylic acids is 4. The average Bonchev–Trinajstić information content (AvgIpc) is 3.50. The number of imide groups is 1. The largest absolute Gasteiger partial charge is 0.463 e. The molecular weight excluding hydrogens is 484 g/mol. The van der Waals surface area contributed by atoms with Crippen molar-refractivity contribution in [1.82, 2.24) is 24.4 Å². The Balaban J connectivity index is 1.62. The number of hydrogen-bond acceptors (Lipinski definition) is 11. The zero-order chi connectivity index (χ0) is 26.4. The quantitative estimate of drug-likeness (QED) is 0.346. The van der Waals surface area contributed by atoms with E-state index < -0.39 is 48.2 Å². The van der Waals surface area contributed by atoms with Gasteiger partial charge < -0.3 is 19.1 Å². The molecule has 0 radical (unpaired) electrons. The van der Waals surface area contributed by atoms with Gasteiger partial charge in [-0.2, -0.15) is 0 Å². The summed E-state index contributed by atoms with van der Waals surface area (Å²) < 4.78 is 18.7. The number of benzene rings is 1. The first-order valence-corrected chi connectivity index (χ1v) is 11.5. The van der Waals surface area contributed by atoms with Crippen molar-refractivity contribution in [3.63, 3.8) is 0 Å². The first-order chi connectivity index (χ1) is 17.7. The molecule has 2 amide bonds. The number of ether oxygens (including phenoxy) is 3. The lowest BCUT2D eigenvalue weighted by Gasteiger charge is -2.30. The van der Waals surface area contributed by atoms with Gasteiger partial charge in [0.25, 0.3) is 11.8 Å². The third-order valence-electron chi connectivity index (χ3n) is 6.23. The third kappa shape index (κ3) is 4.06. The number of fused-ring (bicyclic) bond motifs is 2. The number of aromatic nitrogens is 4. The lowest BCUT2D eigenvalue weighted by Crippen LogP contribution is -2.52. The van der Waals surface area contributed by atoms with Crippen LogP contribution in [0.4, 0.5) is 5.82 Å². The number of esters is 2. The van der Waals surface area contributed by atoms with Gasteiger partial charge in [0.15, 0.2) is 29.3 Å². The Morgan fingerprint density at radius 2 is 1.70 bits per heavy atom. The molecule has 4 atom stereocenters. The molecular formula is C24H24N6O7. The van der Waals surface area contributed by atoms with Crippen LogP contribution in [0.5, 0.6) is 0 Å². The molecule has 2 aromatic heterocycles. The Morgan fingerprint density at radius 3 is 2.30 bits per heavy atom. The van der Waals surface area contributed by atoms with Crippen LogP contribution >= 0.6 is 0 Å². The van der Waals surface area contributed by atoms with Crippen LogP contribution in [0.2, 0.25) is 0 Å². The molecule has 1 aromatic carbocycles. The molecule has 13 heteroatoms. The molecule has 3 aromatic rings. The van der Waals surface area contributed by atoms with Crippen molar-refractivity contribution in [1.29, 1.82) is 0 Å². The van der Waals surface area contributed by atoms with Gasteiger partial charge in [-0.25, -0.2) is 15.0 Å². The minimum absolute atomic E-state index is 0.222. The summed E-state index contributed by atoms with van der Waals surface area (Å²) in [6, 6.07) is 5.30. The number of carbonyl (C=O) groups is 4. The number of amides is 2. The van der Waals surface area contributed by atoms with Crippen LogP contribution < -0.4 is 4.90 Å². The van der Waals surface area contributed by atoms with Crippen molar-refractivity contribution in [2.75, 3.05) is 25.6 Å². The van der Waals surface area contributed by atoms with Crippen LogP contribution in [0, 0.1) is 0 Å². The summed E-state index contributed by atoms with van der Waals surface area (Å²) in [5.74, 6) is -1.80. The number of rotatable bonds is 6. The van der Waals surface area contributed by atoms with Gasteiger partial charge >= 0.3 is 11.9 Å². The van der Waals surface area contributed by atoms with Gasteiger partial charge in [0, 0.05) is 27.9 Å². The summed E-state index contributed by atoms with van der Waals surface area (Å²) in [6.45, 7) is 2.16. The number of hydrogen-bond donors (Lipinski definition) is 0. The summed E-state index contributed by atoms with van der Waals surface area (Å²) in [7, 11) is 3.61. The molecule has 1 saturated heterocycles. The molecule has 0 spiro atoms. The molecule has 0 unspecified atom stereocenters. The van der Waals surface area contributed by atoms with Crippen molar-refractivity contribution in [3.8, 4) is 0 Å². The normalized spacial score (nSPS) is 22.9. The van der Waals surface area contributed by atoms with E-state index in [4.69, 9.17) is 14.2 Å². The van der Waals surface area contributed by atoms with Crippen molar-refractivity contribution in [3.05, 3.63) is 48.0 Å². The van der Waals surface area contributed by atoms with Crippen LogP contribution in [-0.4, -0.2) is 87.1 Å². The van der Waals surface area contributed by atoms with Crippen molar-refractivity contribution in [2.45, 2.75) is 38.3 Å². The van der Waals surface area contributed by atoms with Gasteiger partial charge in [0.05, 0.1) is 17.5 Å². The maximum Gasteiger partial charge on any atom is 0.303 e. The molecule has 0 N–H and O–H groups in total. The second-order valence-corrected chi connectivity index (χ2v) is 8.87. The zero-order valence-electron chi connectivity index (χ0n) is 20.5. The lowest BCUT2D eigenvalue weighted by molar-refractivity contribution is -0.153. The maximum atomic E-state index is 13.4. The van der Waals surface area contributed by atoms with Gasteiger partial charge in [0.2, 0.25) is 0 Å². The second kappa shape index (κ2) is 9.24. The van der Waals surface area contributed by atoms with E-state index in [1.54, 1.807) is 33.7 Å². The second-order valence-electron chi connectivity index (χ2n) is 8.87. The van der Waals surface area contributed by atoms with Crippen molar-refractivity contribution in [2.24, 2.45) is 0 Å². The molecule has 1 fully saturated rings. The minimum Gasteiger partial charge on any atom is -0.463 e. The van der Waals surface area contributed by atoms with E-state index in [0.29, 0.717) is 17.0 Å². The summed E-state index contributed by atoms with van der Waals surface area (Å²) in [5, 5.41) is 0. The predicted octanol–water partition coefficient (Wildman–Crippen LogP) is 0.949. The fourth-order valence-corrected chi connectivity index (χ4v) is 4.74. The Labute approximate surface area is 210 Å². The van der Waals surface area contributed by atoms with E-state index in [-0.39, 0.29) is 17.7 Å². The van der Waals surface area contributed by atoms with Crippen LogP contribution in [-0.2, 0) is 23.8 Å². The SMILES string of the molecule is CC(=O)OC[C@H]1O[C@@H](n2cnc3c(N(C)C)ncnc32)[C@H](OC(C)=O)[C@@H]1N1C(=O)c2ccccc2C1=O. The molecule has 0 saturated carbocycles. The predicted molar refractivity (Wildman–Crippen MR) is 126 cm³/mol. The lowest BCUT2D eigenvalue weighted by atomic mass is 10.0. The molecule has 0 bridgehead atoms. The Bertz CT molecular complexity index is 1380. The van der Waals surface area contributed by atoms with Crippen LogP contribution in [0.15, 0.2) is 36.9 Å². The van der Waals surface area contributed by atoms with E-state index >= 15 is 0 Å². The van der Waals surface area contributed by atoms with Crippen LogP contribution in [0.1, 0.15) is 40.8 Å². The Morgan fingerprint density at radius 1 is 1.03 bits per heavy atom. The highest BCUT2D eigenvalue weighted by Gasteiger charge is 2.56. The molecule has 4 heterocycles. The van der Waals surface area contributed by atoms with Gasteiger partial charge in [-0.3, -0.25) is 28.6 Å². The topological polar surface area (TPSA) is 146 Å². The van der Waals surface area contributed by atoms with Crippen molar-refractivity contribution >= 4 is 40.7 Å². The fourth-order valence-electron chi connectivity index (χ4n) is 4.74. The molecule has 2 aliphatic heterocycles. The first kappa shape index (κ1) is 24.3. The van der Waals surface area contributed by atoms with Gasteiger partial charge in [-0.15, -0.1) is 0 Å². The van der Waals surface area contributed by atoms with Crippen molar-refractivity contribution < 1.29 is 33.4 Å². The number of anilines is 1. The van der Waals surface area contributed by atoms with E-state index in [0.717, 1.165) is 4.90 Å². The number of imidazole rings is 1. The van der Waals surface area contributed by atoms with Gasteiger partial charge in [0.1, 0.15) is 25.1 Å². The van der Waals surface area contributed by atoms with Crippen LogP contribution in [0.25, 0.3) is 11.2 Å². The standard InChI is InChI=1S/C24H24N6O7/c1-12(31)35-9-16-18(30-22(33)14-7-5-6-8-15(14)23(30)34)19(36-13(2)32)24(37-16)29-11-27-17-20(28(3)4)25-10-26-21(17)29/h5-8,10-11,16,18-19,24H,9H2,1-4H3/t16-,18-,19-,24-/m1/s1. The van der Waals surface area contributed by atoms with E-state index in [1.807, 2.05) is 14.1 Å². The molecule has 2 aliphatic rings. The molecule has 13 nitrogen and oxygen atoms in total.